The normalized spacial score (nSPS) is 16.6. The highest BCUT2D eigenvalue weighted by atomic mass is 32.1. The van der Waals surface area contributed by atoms with Gasteiger partial charge in [-0.1, -0.05) is 0 Å². The number of nitrogens with one attached hydrogen (secondary N) is 1. The molecule has 0 bridgehead atoms. The molecular formula is C18H17FN2O2S. The number of hydrogen-bond acceptors (Lipinski definition) is 3. The average molecular weight is 344 g/mol. The zero-order valence-electron chi connectivity index (χ0n) is 13.0. The maximum absolute atomic E-state index is 13.0. The van der Waals surface area contributed by atoms with Gasteiger partial charge in [0.15, 0.2) is 0 Å². The van der Waals surface area contributed by atoms with E-state index in [-0.39, 0.29) is 17.6 Å². The van der Waals surface area contributed by atoms with Crippen LogP contribution in [0, 0.1) is 5.82 Å². The lowest BCUT2D eigenvalue weighted by Gasteiger charge is -2.27. The molecule has 2 heterocycles. The second kappa shape index (κ2) is 6.02. The van der Waals surface area contributed by atoms with Gasteiger partial charge in [0, 0.05) is 29.6 Å². The van der Waals surface area contributed by atoms with Gasteiger partial charge in [0.25, 0.3) is 11.8 Å². The highest BCUT2D eigenvalue weighted by Crippen LogP contribution is 2.29. The van der Waals surface area contributed by atoms with E-state index in [0.29, 0.717) is 24.7 Å². The molecule has 0 saturated heterocycles. The van der Waals surface area contributed by atoms with Crippen LogP contribution in [0.25, 0.3) is 0 Å². The summed E-state index contributed by atoms with van der Waals surface area (Å²) in [5.41, 5.74) is 1.53. The highest BCUT2D eigenvalue weighted by Gasteiger charge is 2.27. The summed E-state index contributed by atoms with van der Waals surface area (Å²) < 4.78 is 13.0. The lowest BCUT2D eigenvalue weighted by atomic mass is 10.1. The van der Waals surface area contributed by atoms with Crippen LogP contribution in [-0.4, -0.2) is 29.3 Å². The van der Waals surface area contributed by atoms with Gasteiger partial charge in [-0.3, -0.25) is 9.59 Å². The average Bonchev–Trinajstić information content (AvgIpc) is 3.29. The van der Waals surface area contributed by atoms with Gasteiger partial charge in [-0.2, -0.15) is 0 Å². The maximum Gasteiger partial charge on any atom is 0.261 e. The smallest absolute Gasteiger partial charge is 0.261 e. The molecule has 2 amide bonds. The van der Waals surface area contributed by atoms with Gasteiger partial charge in [0.1, 0.15) is 5.82 Å². The third-order valence-electron chi connectivity index (χ3n) is 4.38. The van der Waals surface area contributed by atoms with Crippen molar-refractivity contribution >= 4 is 23.2 Å². The first kappa shape index (κ1) is 15.3. The number of halogens is 1. The molecular weight excluding hydrogens is 327 g/mol. The predicted molar refractivity (Wildman–Crippen MR) is 89.7 cm³/mol. The molecule has 124 valence electrons. The van der Waals surface area contributed by atoms with E-state index >= 15 is 0 Å². The minimum absolute atomic E-state index is 0.00619. The molecule has 4 nitrogen and oxygen atoms in total. The van der Waals surface area contributed by atoms with Crippen molar-refractivity contribution in [3.8, 4) is 0 Å². The standard InChI is InChI=1S/C18H17FN2O2S/c19-13-3-1-11(2-4-13)18(23)21-8-7-15-12(10-21)9-16(24-15)17(22)20-14-5-6-14/h1-4,9,14H,5-8,10H2,(H,20,22). The third-order valence-corrected chi connectivity index (χ3v) is 5.62. The Morgan fingerprint density at radius 2 is 1.96 bits per heavy atom. The fraction of sp³-hybridized carbons (Fsp3) is 0.333. The molecule has 4 rings (SSSR count). The van der Waals surface area contributed by atoms with Crippen LogP contribution in [0.15, 0.2) is 30.3 Å². The first-order chi connectivity index (χ1) is 11.6. The number of thiophene rings is 1. The first-order valence-corrected chi connectivity index (χ1v) is 8.89. The zero-order chi connectivity index (χ0) is 16.7. The summed E-state index contributed by atoms with van der Waals surface area (Å²) in [6.45, 7) is 1.12. The van der Waals surface area contributed by atoms with E-state index in [9.17, 15) is 14.0 Å². The largest absolute Gasteiger partial charge is 0.349 e. The molecule has 2 aliphatic rings. The topological polar surface area (TPSA) is 49.4 Å². The number of hydrogen-bond donors (Lipinski definition) is 1. The molecule has 6 heteroatoms. The Labute approximate surface area is 143 Å². The van der Waals surface area contributed by atoms with Crippen molar-refractivity contribution < 1.29 is 14.0 Å². The van der Waals surface area contributed by atoms with Crippen LogP contribution in [0.4, 0.5) is 4.39 Å². The lowest BCUT2D eigenvalue weighted by molar-refractivity contribution is 0.0735. The number of carbonyl (C=O) groups is 2. The third kappa shape index (κ3) is 3.06. The van der Waals surface area contributed by atoms with E-state index in [1.54, 1.807) is 4.90 Å². The van der Waals surface area contributed by atoms with Crippen molar-refractivity contribution in [2.75, 3.05) is 6.54 Å². The molecule has 0 atom stereocenters. The molecule has 1 aromatic carbocycles. The summed E-state index contributed by atoms with van der Waals surface area (Å²) in [6, 6.07) is 7.86. The van der Waals surface area contributed by atoms with Crippen LogP contribution in [0.3, 0.4) is 0 Å². The molecule has 1 aliphatic heterocycles. The van der Waals surface area contributed by atoms with Crippen LogP contribution in [-0.2, 0) is 13.0 Å². The quantitative estimate of drug-likeness (QED) is 0.931. The number of carbonyl (C=O) groups excluding carboxylic acids is 2. The van der Waals surface area contributed by atoms with E-state index in [2.05, 4.69) is 5.32 Å². The number of fused-ring (bicyclic) bond motifs is 1. The van der Waals surface area contributed by atoms with Crippen LogP contribution in [0.1, 0.15) is 43.3 Å². The second-order valence-corrected chi connectivity index (χ2v) is 7.43. The Morgan fingerprint density at radius 3 is 2.67 bits per heavy atom. The van der Waals surface area contributed by atoms with Crippen molar-refractivity contribution in [1.82, 2.24) is 10.2 Å². The molecule has 1 fully saturated rings. The van der Waals surface area contributed by atoms with Gasteiger partial charge in [0.2, 0.25) is 0 Å². The number of amides is 2. The molecule has 0 spiro atoms. The molecule has 2 aromatic rings. The van der Waals surface area contributed by atoms with Gasteiger partial charge in [0.05, 0.1) is 4.88 Å². The van der Waals surface area contributed by atoms with Gasteiger partial charge in [-0.15, -0.1) is 11.3 Å². The number of rotatable bonds is 3. The summed E-state index contributed by atoms with van der Waals surface area (Å²) in [6.07, 6.45) is 2.89. The minimum Gasteiger partial charge on any atom is -0.349 e. The van der Waals surface area contributed by atoms with Crippen LogP contribution < -0.4 is 5.32 Å². The molecule has 1 aliphatic carbocycles. The number of benzene rings is 1. The fourth-order valence-electron chi connectivity index (χ4n) is 2.88. The van der Waals surface area contributed by atoms with E-state index in [1.165, 1.54) is 40.5 Å². The summed E-state index contributed by atoms with van der Waals surface area (Å²) in [7, 11) is 0. The van der Waals surface area contributed by atoms with Crippen LogP contribution in [0.5, 0.6) is 0 Å². The SMILES string of the molecule is O=C(NC1CC1)c1cc2c(s1)CCN(C(=O)c1ccc(F)cc1)C2. The maximum atomic E-state index is 13.0. The first-order valence-electron chi connectivity index (χ1n) is 8.07. The molecule has 1 aromatic heterocycles. The zero-order valence-corrected chi connectivity index (χ0v) is 13.9. The number of nitrogens with zero attached hydrogens (tertiary/aromatic N) is 1. The van der Waals surface area contributed by atoms with Crippen LogP contribution >= 0.6 is 11.3 Å². The van der Waals surface area contributed by atoms with Crippen molar-refractivity contribution in [2.24, 2.45) is 0 Å². The van der Waals surface area contributed by atoms with Gasteiger partial charge in [-0.05, 0) is 55.2 Å². The van der Waals surface area contributed by atoms with E-state index in [4.69, 9.17) is 0 Å². The summed E-state index contributed by atoms with van der Waals surface area (Å²) in [5.74, 6) is -0.458. The van der Waals surface area contributed by atoms with Gasteiger partial charge < -0.3 is 10.2 Å². The van der Waals surface area contributed by atoms with E-state index < -0.39 is 0 Å². The second-order valence-electron chi connectivity index (χ2n) is 6.29. The Kier molecular flexibility index (Phi) is 3.84. The predicted octanol–water partition coefficient (Wildman–Crippen LogP) is 2.98. The minimum atomic E-state index is -0.350. The molecule has 0 radical (unpaired) electrons. The molecule has 1 N–H and O–H groups in total. The lowest BCUT2D eigenvalue weighted by Crippen LogP contribution is -2.35. The molecule has 1 saturated carbocycles. The summed E-state index contributed by atoms with van der Waals surface area (Å²) >= 11 is 1.53. The van der Waals surface area contributed by atoms with Crippen molar-refractivity contribution in [1.29, 1.82) is 0 Å². The highest BCUT2D eigenvalue weighted by molar-refractivity contribution is 7.14. The van der Waals surface area contributed by atoms with Crippen molar-refractivity contribution in [2.45, 2.75) is 31.8 Å². The Bertz CT molecular complexity index is 796. The Morgan fingerprint density at radius 1 is 1.21 bits per heavy atom. The van der Waals surface area contributed by atoms with E-state index in [0.717, 1.165) is 29.7 Å². The monoisotopic (exact) mass is 344 g/mol. The molecule has 0 unspecified atom stereocenters. The van der Waals surface area contributed by atoms with Gasteiger partial charge >= 0.3 is 0 Å². The molecule has 24 heavy (non-hydrogen) atoms. The van der Waals surface area contributed by atoms with E-state index in [1.807, 2.05) is 6.07 Å². The van der Waals surface area contributed by atoms with Crippen molar-refractivity contribution in [3.05, 3.63) is 57.0 Å². The fourth-order valence-corrected chi connectivity index (χ4v) is 3.94. The Balaban J connectivity index is 1.48. The van der Waals surface area contributed by atoms with Crippen molar-refractivity contribution in [3.63, 3.8) is 0 Å². The van der Waals surface area contributed by atoms with Crippen LogP contribution in [0.2, 0.25) is 0 Å². The Hall–Kier alpha value is -2.21. The summed E-state index contributed by atoms with van der Waals surface area (Å²) in [4.78, 5) is 28.4. The summed E-state index contributed by atoms with van der Waals surface area (Å²) in [5, 5.41) is 3.00. The van der Waals surface area contributed by atoms with Gasteiger partial charge in [-0.25, -0.2) is 4.39 Å².